The van der Waals surface area contributed by atoms with Gasteiger partial charge in [-0.05, 0) is 44.9 Å². The number of rotatable bonds is 14. The lowest BCUT2D eigenvalue weighted by Gasteiger charge is -1.90. The summed E-state index contributed by atoms with van der Waals surface area (Å²) in [6.07, 6.45) is 23.6. The molecule has 0 aliphatic heterocycles. The van der Waals surface area contributed by atoms with Gasteiger partial charge in [0, 0.05) is 6.42 Å². The molecule has 1 N–H and O–H groups in total. The molecular formula is C20H32O2. The molecule has 0 radical (unpaired) electrons. The summed E-state index contributed by atoms with van der Waals surface area (Å²) in [5.41, 5.74) is 0. The fourth-order valence-corrected chi connectivity index (χ4v) is 1.87. The molecule has 0 rings (SSSR count). The van der Waals surface area contributed by atoms with Crippen LogP contribution in [0.2, 0.25) is 0 Å². The van der Waals surface area contributed by atoms with Gasteiger partial charge in [0.2, 0.25) is 0 Å². The van der Waals surface area contributed by atoms with Crippen molar-refractivity contribution in [1.29, 1.82) is 0 Å². The van der Waals surface area contributed by atoms with Gasteiger partial charge in [0.25, 0.3) is 0 Å². The molecule has 124 valence electrons. The van der Waals surface area contributed by atoms with E-state index in [1.165, 1.54) is 25.7 Å². The first-order valence-electron chi connectivity index (χ1n) is 8.99. The third-order valence-electron chi connectivity index (χ3n) is 3.14. The fraction of sp³-hybridized carbons (Fsp3) is 0.550. The van der Waals surface area contributed by atoms with E-state index in [1.807, 2.05) is 18.2 Å². The van der Waals surface area contributed by atoms with Crippen LogP contribution in [0.15, 0.2) is 48.6 Å². The first-order chi connectivity index (χ1) is 11.2. The Bertz CT molecular complexity index is 406. The molecule has 22 heavy (non-hydrogen) atoms. The van der Waals surface area contributed by atoms with Gasteiger partial charge in [-0.3, -0.25) is 4.79 Å². The third kappa shape index (κ3) is 18.4. The highest BCUT2D eigenvalue weighted by molar-refractivity contribution is 5.66. The lowest BCUT2D eigenvalue weighted by Crippen LogP contribution is -1.92. The average Bonchev–Trinajstić information content (AvgIpc) is 2.52. The maximum Gasteiger partial charge on any atom is 0.303 e. The molecule has 0 aliphatic carbocycles. The van der Waals surface area contributed by atoms with Crippen LogP contribution in [0.3, 0.4) is 0 Å². The molecule has 0 atom stereocenters. The van der Waals surface area contributed by atoms with E-state index in [0.717, 1.165) is 19.3 Å². The summed E-state index contributed by atoms with van der Waals surface area (Å²) in [4.78, 5) is 10.3. The minimum absolute atomic E-state index is 0.214. The van der Waals surface area contributed by atoms with E-state index in [1.54, 1.807) is 0 Å². The summed E-state index contributed by atoms with van der Waals surface area (Å²) in [5, 5.41) is 8.51. The van der Waals surface area contributed by atoms with Crippen molar-refractivity contribution >= 4 is 5.97 Å². The third-order valence-corrected chi connectivity index (χ3v) is 3.14. The molecule has 0 amide bonds. The Kier molecular flexibility index (Phi) is 14.7. The standard InChI is InChI=1S/C20H32O2/c1-2-3-4-5-6-7-8-9-10-11-12-13-14-15-16-17-18-19-20(21)22/h6-7,9-10,12-13,15-16H,2-5,8,11,14,17-19H2,1H3,(H,21,22)/b7-6-,10-9-,13-12-,16-15-/i13D. The molecule has 0 unspecified atom stereocenters. The summed E-state index contributed by atoms with van der Waals surface area (Å²) in [6, 6.07) is 0.610. The second-order valence-corrected chi connectivity index (χ2v) is 5.28. The summed E-state index contributed by atoms with van der Waals surface area (Å²) in [7, 11) is 0. The van der Waals surface area contributed by atoms with E-state index < -0.39 is 5.97 Å². The molecule has 0 fully saturated rings. The van der Waals surface area contributed by atoms with E-state index in [4.69, 9.17) is 6.48 Å². The van der Waals surface area contributed by atoms with Crippen molar-refractivity contribution in [3.05, 3.63) is 48.6 Å². The van der Waals surface area contributed by atoms with Gasteiger partial charge in [-0.1, -0.05) is 68.3 Å². The molecule has 0 aromatic heterocycles. The predicted molar refractivity (Wildman–Crippen MR) is 96.0 cm³/mol. The second kappa shape index (κ2) is 17.5. The Morgan fingerprint density at radius 3 is 2.14 bits per heavy atom. The normalized spacial score (nSPS) is 13.5. The van der Waals surface area contributed by atoms with Crippen molar-refractivity contribution in [3.8, 4) is 0 Å². The van der Waals surface area contributed by atoms with Crippen LogP contribution in [0.25, 0.3) is 0 Å². The smallest absolute Gasteiger partial charge is 0.303 e. The molecule has 0 aromatic rings. The van der Waals surface area contributed by atoms with Crippen LogP contribution in [0.1, 0.15) is 72.5 Å². The number of carboxylic acids is 1. The topological polar surface area (TPSA) is 37.3 Å². The molecule has 0 saturated carbocycles. The summed E-state index contributed by atoms with van der Waals surface area (Å²) in [6.45, 7) is 2.22. The van der Waals surface area contributed by atoms with Crippen molar-refractivity contribution in [2.75, 3.05) is 0 Å². The van der Waals surface area contributed by atoms with Crippen LogP contribution in [0, 0.1) is 0 Å². The van der Waals surface area contributed by atoms with Crippen molar-refractivity contribution < 1.29 is 11.3 Å². The van der Waals surface area contributed by atoms with Gasteiger partial charge in [-0.25, -0.2) is 0 Å². The second-order valence-electron chi connectivity index (χ2n) is 5.28. The van der Waals surface area contributed by atoms with Crippen molar-refractivity contribution in [3.63, 3.8) is 0 Å². The van der Waals surface area contributed by atoms with Crippen LogP contribution in [0.5, 0.6) is 0 Å². The molecule has 0 aliphatic rings. The number of allylic oxidation sites excluding steroid dienone is 8. The molecule has 0 heterocycles. The monoisotopic (exact) mass is 305 g/mol. The number of hydrogen-bond acceptors (Lipinski definition) is 1. The van der Waals surface area contributed by atoms with Gasteiger partial charge in [-0.2, -0.15) is 0 Å². The van der Waals surface area contributed by atoms with Gasteiger partial charge in [0.05, 0.1) is 1.37 Å². The zero-order chi connectivity index (χ0) is 17.2. The summed E-state index contributed by atoms with van der Waals surface area (Å²) >= 11 is 0. The van der Waals surface area contributed by atoms with Crippen LogP contribution in [-0.4, -0.2) is 11.1 Å². The first-order valence-corrected chi connectivity index (χ1v) is 8.49. The minimum atomic E-state index is -0.748. The maximum absolute atomic E-state index is 10.3. The van der Waals surface area contributed by atoms with Gasteiger partial charge in [0.15, 0.2) is 0 Å². The molecular weight excluding hydrogens is 272 g/mol. The van der Waals surface area contributed by atoms with Crippen molar-refractivity contribution in [2.45, 2.75) is 71.1 Å². The largest absolute Gasteiger partial charge is 0.481 e. The average molecular weight is 305 g/mol. The minimum Gasteiger partial charge on any atom is -0.481 e. The van der Waals surface area contributed by atoms with Crippen molar-refractivity contribution in [1.82, 2.24) is 0 Å². The zero-order valence-electron chi connectivity index (χ0n) is 15.0. The highest BCUT2D eigenvalue weighted by atomic mass is 16.4. The Labute approximate surface area is 137 Å². The number of carboxylic acid groups (broad SMARTS) is 1. The molecule has 0 spiro atoms. The highest BCUT2D eigenvalue weighted by Gasteiger charge is 1.92. The highest BCUT2D eigenvalue weighted by Crippen LogP contribution is 2.01. The van der Waals surface area contributed by atoms with Crippen LogP contribution < -0.4 is 0 Å². The van der Waals surface area contributed by atoms with Crippen LogP contribution in [-0.2, 0) is 4.79 Å². The first kappa shape index (κ1) is 18.5. The Morgan fingerprint density at radius 2 is 1.45 bits per heavy atom. The molecule has 2 nitrogen and oxygen atoms in total. The summed E-state index contributed by atoms with van der Waals surface area (Å²) in [5.74, 6) is -0.748. The van der Waals surface area contributed by atoms with Crippen LogP contribution in [0.4, 0.5) is 0 Å². The maximum atomic E-state index is 10.3. The molecule has 0 bridgehead atoms. The van der Waals surface area contributed by atoms with E-state index in [2.05, 4.69) is 31.2 Å². The van der Waals surface area contributed by atoms with Gasteiger partial charge in [-0.15, -0.1) is 0 Å². The quantitative estimate of drug-likeness (QED) is 0.306. The van der Waals surface area contributed by atoms with Crippen LogP contribution >= 0.6 is 0 Å². The molecule has 2 heteroatoms. The van der Waals surface area contributed by atoms with E-state index in [0.29, 0.717) is 18.9 Å². The van der Waals surface area contributed by atoms with E-state index in [9.17, 15) is 4.79 Å². The number of unbranched alkanes of at least 4 members (excludes halogenated alkanes) is 4. The van der Waals surface area contributed by atoms with E-state index in [-0.39, 0.29) is 6.42 Å². The molecule has 0 saturated heterocycles. The predicted octanol–water partition coefficient (Wildman–Crippen LogP) is 6.22. The Hall–Kier alpha value is -1.57. The Balaban J connectivity index is 3.63. The lowest BCUT2D eigenvalue weighted by molar-refractivity contribution is -0.137. The molecule has 0 aromatic carbocycles. The van der Waals surface area contributed by atoms with Gasteiger partial charge >= 0.3 is 5.97 Å². The van der Waals surface area contributed by atoms with E-state index >= 15 is 0 Å². The van der Waals surface area contributed by atoms with Gasteiger partial charge < -0.3 is 5.11 Å². The number of aliphatic carboxylic acids is 1. The number of carbonyl (C=O) groups is 1. The fourth-order valence-electron chi connectivity index (χ4n) is 1.87. The number of hydrogen-bond donors (Lipinski definition) is 1. The van der Waals surface area contributed by atoms with Gasteiger partial charge in [0.1, 0.15) is 0 Å². The summed E-state index contributed by atoms with van der Waals surface area (Å²) < 4.78 is 7.80. The SMILES string of the molecule is [2H]/C(=C/C/C=C\C/C=C\CCCCC)C/C=C\CCCC(=O)O. The zero-order valence-corrected chi connectivity index (χ0v) is 14.0. The van der Waals surface area contributed by atoms with Crippen molar-refractivity contribution in [2.24, 2.45) is 0 Å². The lowest BCUT2D eigenvalue weighted by atomic mass is 10.2. The Morgan fingerprint density at radius 1 is 0.864 bits per heavy atom.